The van der Waals surface area contributed by atoms with Crippen molar-refractivity contribution >= 4 is 27.5 Å². The molecule has 0 aliphatic heterocycles. The average Bonchev–Trinajstić information content (AvgIpc) is 2.98. The second kappa shape index (κ2) is 5.88. The fourth-order valence-corrected chi connectivity index (χ4v) is 2.74. The van der Waals surface area contributed by atoms with Crippen LogP contribution in [0.4, 0.5) is 0 Å². The van der Waals surface area contributed by atoms with Crippen LogP contribution in [0.5, 0.6) is 0 Å². The van der Waals surface area contributed by atoms with Gasteiger partial charge in [0, 0.05) is 6.54 Å². The maximum absolute atomic E-state index is 12.1. The molecule has 0 aliphatic carbocycles. The van der Waals surface area contributed by atoms with Crippen molar-refractivity contribution < 1.29 is 4.79 Å². The molecule has 0 spiro atoms. The number of rotatable bonds is 4. The van der Waals surface area contributed by atoms with Crippen LogP contribution in [-0.4, -0.2) is 15.5 Å². The van der Waals surface area contributed by atoms with Gasteiger partial charge in [0.15, 0.2) is 0 Å². The van der Waals surface area contributed by atoms with Crippen molar-refractivity contribution in [1.82, 2.24) is 14.9 Å². The standard InChI is InChI=1S/C15H13N3O2S/c19-13(16-8-11-4-2-1-3-5-11)9-18-10-17-14-12(15(18)20)6-7-21-14/h1-7,10H,8-9H2,(H,16,19). The molecule has 6 heteroatoms. The minimum Gasteiger partial charge on any atom is -0.350 e. The first kappa shape index (κ1) is 13.5. The van der Waals surface area contributed by atoms with E-state index in [-0.39, 0.29) is 18.0 Å². The van der Waals surface area contributed by atoms with Crippen molar-refractivity contribution in [2.24, 2.45) is 0 Å². The number of carbonyl (C=O) groups excluding carboxylic acids is 1. The van der Waals surface area contributed by atoms with Crippen molar-refractivity contribution in [3.63, 3.8) is 0 Å². The first-order valence-corrected chi connectivity index (χ1v) is 7.35. The molecule has 0 bridgehead atoms. The second-order valence-electron chi connectivity index (χ2n) is 4.58. The molecule has 5 nitrogen and oxygen atoms in total. The number of amides is 1. The Balaban J connectivity index is 1.69. The molecule has 1 amide bonds. The fraction of sp³-hybridized carbons (Fsp3) is 0.133. The number of thiophene rings is 1. The predicted molar refractivity (Wildman–Crippen MR) is 82.2 cm³/mol. The highest BCUT2D eigenvalue weighted by Gasteiger charge is 2.08. The molecule has 3 rings (SSSR count). The van der Waals surface area contributed by atoms with E-state index in [1.165, 1.54) is 22.2 Å². The normalized spacial score (nSPS) is 10.7. The average molecular weight is 299 g/mol. The lowest BCUT2D eigenvalue weighted by Crippen LogP contribution is -2.32. The van der Waals surface area contributed by atoms with Gasteiger partial charge in [-0.05, 0) is 17.0 Å². The topological polar surface area (TPSA) is 64.0 Å². The van der Waals surface area contributed by atoms with E-state index in [1.54, 1.807) is 6.07 Å². The number of hydrogen-bond acceptors (Lipinski definition) is 4. The van der Waals surface area contributed by atoms with Gasteiger partial charge in [-0.2, -0.15) is 0 Å². The lowest BCUT2D eigenvalue weighted by molar-refractivity contribution is -0.121. The van der Waals surface area contributed by atoms with Gasteiger partial charge in [-0.25, -0.2) is 4.98 Å². The molecule has 0 fully saturated rings. The summed E-state index contributed by atoms with van der Waals surface area (Å²) in [6, 6.07) is 11.4. The first-order chi connectivity index (χ1) is 10.2. The van der Waals surface area contributed by atoms with Crippen LogP contribution >= 0.6 is 11.3 Å². The van der Waals surface area contributed by atoms with E-state index in [9.17, 15) is 9.59 Å². The molecule has 1 aromatic carbocycles. The molecule has 3 aromatic rings. The van der Waals surface area contributed by atoms with Crippen LogP contribution in [0.25, 0.3) is 10.2 Å². The van der Waals surface area contributed by atoms with Gasteiger partial charge >= 0.3 is 0 Å². The van der Waals surface area contributed by atoms with Gasteiger partial charge in [-0.3, -0.25) is 14.2 Å². The summed E-state index contributed by atoms with van der Waals surface area (Å²) in [5.74, 6) is -0.211. The van der Waals surface area contributed by atoms with E-state index in [0.29, 0.717) is 16.8 Å². The Morgan fingerprint density at radius 3 is 2.86 bits per heavy atom. The fourth-order valence-electron chi connectivity index (χ4n) is 2.01. The molecule has 21 heavy (non-hydrogen) atoms. The minimum atomic E-state index is -0.211. The first-order valence-electron chi connectivity index (χ1n) is 6.47. The Kier molecular flexibility index (Phi) is 3.79. The zero-order chi connectivity index (χ0) is 14.7. The van der Waals surface area contributed by atoms with Gasteiger partial charge in [0.1, 0.15) is 11.4 Å². The Bertz CT molecular complexity index is 824. The number of nitrogens with zero attached hydrogens (tertiary/aromatic N) is 2. The highest BCUT2D eigenvalue weighted by Crippen LogP contribution is 2.13. The van der Waals surface area contributed by atoms with Gasteiger partial charge in [-0.15, -0.1) is 11.3 Å². The van der Waals surface area contributed by atoms with Crippen molar-refractivity contribution in [2.45, 2.75) is 13.1 Å². The third kappa shape index (κ3) is 3.00. The Morgan fingerprint density at radius 1 is 1.24 bits per heavy atom. The number of fused-ring (bicyclic) bond motifs is 1. The summed E-state index contributed by atoms with van der Waals surface area (Å²) in [6.45, 7) is 0.424. The lowest BCUT2D eigenvalue weighted by atomic mass is 10.2. The van der Waals surface area contributed by atoms with E-state index in [4.69, 9.17) is 0 Å². The van der Waals surface area contributed by atoms with Gasteiger partial charge in [0.2, 0.25) is 5.91 Å². The van der Waals surface area contributed by atoms with Crippen LogP contribution in [0.15, 0.2) is 52.9 Å². The molecular formula is C15H13N3O2S. The van der Waals surface area contributed by atoms with Gasteiger partial charge in [0.05, 0.1) is 11.7 Å². The van der Waals surface area contributed by atoms with E-state index < -0.39 is 0 Å². The van der Waals surface area contributed by atoms with Crippen LogP contribution in [0.3, 0.4) is 0 Å². The molecule has 0 unspecified atom stereocenters. The number of nitrogens with one attached hydrogen (secondary N) is 1. The summed E-state index contributed by atoms with van der Waals surface area (Å²) in [7, 11) is 0. The number of carbonyl (C=O) groups is 1. The Morgan fingerprint density at radius 2 is 2.05 bits per heavy atom. The molecule has 1 N–H and O–H groups in total. The molecule has 0 aliphatic rings. The van der Waals surface area contributed by atoms with Crippen LogP contribution in [0.2, 0.25) is 0 Å². The number of aromatic nitrogens is 2. The zero-order valence-corrected chi connectivity index (χ0v) is 12.0. The maximum atomic E-state index is 12.1. The maximum Gasteiger partial charge on any atom is 0.262 e. The molecular weight excluding hydrogens is 286 g/mol. The predicted octanol–water partition coefficient (Wildman–Crippen LogP) is 1.77. The van der Waals surface area contributed by atoms with Crippen molar-refractivity contribution in [3.8, 4) is 0 Å². The van der Waals surface area contributed by atoms with E-state index in [1.807, 2.05) is 35.7 Å². The van der Waals surface area contributed by atoms with Crippen LogP contribution in [0.1, 0.15) is 5.56 Å². The minimum absolute atomic E-state index is 0.0234. The molecule has 106 valence electrons. The van der Waals surface area contributed by atoms with E-state index >= 15 is 0 Å². The molecule has 2 heterocycles. The molecule has 0 atom stereocenters. The molecule has 0 saturated heterocycles. The van der Waals surface area contributed by atoms with E-state index in [2.05, 4.69) is 10.3 Å². The summed E-state index contributed by atoms with van der Waals surface area (Å²) in [5, 5.41) is 5.17. The highest BCUT2D eigenvalue weighted by atomic mass is 32.1. The third-order valence-corrected chi connectivity index (χ3v) is 3.92. The summed E-state index contributed by atoms with van der Waals surface area (Å²) in [5.41, 5.74) is 0.834. The zero-order valence-electron chi connectivity index (χ0n) is 11.2. The third-order valence-electron chi connectivity index (χ3n) is 3.10. The summed E-state index contributed by atoms with van der Waals surface area (Å²) < 4.78 is 1.33. The summed E-state index contributed by atoms with van der Waals surface area (Å²) in [6.07, 6.45) is 1.42. The lowest BCUT2D eigenvalue weighted by Gasteiger charge is -2.07. The van der Waals surface area contributed by atoms with Gasteiger partial charge < -0.3 is 5.32 Å². The van der Waals surface area contributed by atoms with Crippen LogP contribution in [-0.2, 0) is 17.9 Å². The molecule has 2 aromatic heterocycles. The SMILES string of the molecule is O=C(Cn1cnc2sccc2c1=O)NCc1ccccc1. The van der Waals surface area contributed by atoms with Crippen molar-refractivity contribution in [2.75, 3.05) is 0 Å². The summed E-state index contributed by atoms with van der Waals surface area (Å²) >= 11 is 1.41. The Hall–Kier alpha value is -2.47. The van der Waals surface area contributed by atoms with E-state index in [0.717, 1.165) is 5.56 Å². The van der Waals surface area contributed by atoms with Crippen LogP contribution < -0.4 is 10.9 Å². The molecule has 0 radical (unpaired) electrons. The second-order valence-corrected chi connectivity index (χ2v) is 5.47. The number of hydrogen-bond donors (Lipinski definition) is 1. The van der Waals surface area contributed by atoms with Gasteiger partial charge in [-0.1, -0.05) is 30.3 Å². The quantitative estimate of drug-likeness (QED) is 0.798. The highest BCUT2D eigenvalue weighted by molar-refractivity contribution is 7.16. The Labute approximate surface area is 124 Å². The van der Waals surface area contributed by atoms with Crippen molar-refractivity contribution in [1.29, 1.82) is 0 Å². The summed E-state index contributed by atoms with van der Waals surface area (Å²) in [4.78, 5) is 28.9. The van der Waals surface area contributed by atoms with Crippen LogP contribution in [0, 0.1) is 0 Å². The van der Waals surface area contributed by atoms with Gasteiger partial charge in [0.25, 0.3) is 5.56 Å². The van der Waals surface area contributed by atoms with Crippen molar-refractivity contribution in [3.05, 3.63) is 64.0 Å². The number of benzene rings is 1. The smallest absolute Gasteiger partial charge is 0.262 e. The monoisotopic (exact) mass is 299 g/mol. The molecule has 0 saturated carbocycles. The largest absolute Gasteiger partial charge is 0.350 e.